The molecule has 29 heavy (non-hydrogen) atoms. The largest absolute Gasteiger partial charge is 0.388 e. The molecule has 1 fully saturated rings. The Morgan fingerprint density at radius 3 is 2.38 bits per heavy atom. The van der Waals surface area contributed by atoms with Crippen LogP contribution in [0.2, 0.25) is 0 Å². The molecule has 0 saturated heterocycles. The first kappa shape index (κ1) is 23.1. The van der Waals surface area contributed by atoms with Crippen molar-refractivity contribution >= 4 is 17.5 Å². The zero-order valence-electron chi connectivity index (χ0n) is 17.6. The summed E-state index contributed by atoms with van der Waals surface area (Å²) in [5, 5.41) is 37.7. The lowest BCUT2D eigenvalue weighted by Crippen LogP contribution is -2.71. The highest BCUT2D eigenvalue weighted by Crippen LogP contribution is 2.48. The molecule has 0 aliphatic heterocycles. The highest BCUT2D eigenvalue weighted by atomic mass is 16.4. The van der Waals surface area contributed by atoms with Crippen molar-refractivity contribution in [3.8, 4) is 0 Å². The van der Waals surface area contributed by atoms with E-state index in [2.05, 4.69) is 10.6 Å². The van der Waals surface area contributed by atoms with Crippen molar-refractivity contribution in [2.45, 2.75) is 56.0 Å². The Morgan fingerprint density at radius 1 is 1.24 bits per heavy atom. The van der Waals surface area contributed by atoms with Gasteiger partial charge in [-0.05, 0) is 32.4 Å². The average Bonchev–Trinajstić information content (AvgIpc) is 2.77. The molecule has 0 aromatic heterocycles. The first-order chi connectivity index (χ1) is 13.4. The van der Waals surface area contributed by atoms with E-state index in [4.69, 9.17) is 10.8 Å². The Morgan fingerprint density at radius 2 is 1.86 bits per heavy atom. The molecule has 9 nitrogen and oxygen atoms in total. The van der Waals surface area contributed by atoms with Crippen molar-refractivity contribution < 1.29 is 24.9 Å². The van der Waals surface area contributed by atoms with Gasteiger partial charge in [-0.1, -0.05) is 19.1 Å². The molecule has 1 aromatic carbocycles. The lowest BCUT2D eigenvalue weighted by molar-refractivity contribution is -0.143. The summed E-state index contributed by atoms with van der Waals surface area (Å²) in [5.41, 5.74) is 2.51. The van der Waals surface area contributed by atoms with E-state index >= 15 is 0 Å². The minimum atomic E-state index is -1.77. The van der Waals surface area contributed by atoms with Crippen molar-refractivity contribution in [3.05, 3.63) is 29.8 Å². The minimum Gasteiger partial charge on any atom is -0.388 e. The van der Waals surface area contributed by atoms with Crippen LogP contribution < -0.4 is 16.4 Å². The number of hydrogen-bond donors (Lipinski definition) is 6. The Kier molecular flexibility index (Phi) is 6.29. The number of urea groups is 1. The molecule has 7 N–H and O–H groups in total. The molecule has 9 heteroatoms. The molecule has 0 bridgehead atoms. The fourth-order valence-electron chi connectivity index (χ4n) is 4.17. The van der Waals surface area contributed by atoms with Gasteiger partial charge in [0.15, 0.2) is 5.78 Å². The SMILES string of the molecule is CC[C@]1(NC(=O)N(C)C)[C@@H](N)[C@H](Nc2cccc(C(=O)CO)c2)[C@@](C)(O)[C@]1(C)O. The molecule has 2 rings (SSSR count). The maximum absolute atomic E-state index is 12.4. The zero-order valence-corrected chi connectivity index (χ0v) is 17.6. The highest BCUT2D eigenvalue weighted by molar-refractivity contribution is 5.97. The normalized spacial score (nSPS) is 34.0. The lowest BCUT2D eigenvalue weighted by Gasteiger charge is -2.46. The summed E-state index contributed by atoms with van der Waals surface area (Å²) < 4.78 is 0. The Labute approximate surface area is 170 Å². The van der Waals surface area contributed by atoms with Gasteiger partial charge < -0.3 is 36.6 Å². The third-order valence-electron chi connectivity index (χ3n) is 6.33. The summed E-state index contributed by atoms with van der Waals surface area (Å²) in [7, 11) is 3.15. The van der Waals surface area contributed by atoms with Crippen LogP contribution >= 0.6 is 0 Å². The van der Waals surface area contributed by atoms with Crippen LogP contribution in [0.25, 0.3) is 0 Å². The number of carbonyl (C=O) groups is 2. The molecule has 0 heterocycles. The van der Waals surface area contributed by atoms with E-state index in [1.165, 1.54) is 18.7 Å². The van der Waals surface area contributed by atoms with Crippen molar-refractivity contribution in [2.24, 2.45) is 5.73 Å². The third kappa shape index (κ3) is 3.59. The van der Waals surface area contributed by atoms with E-state index in [0.29, 0.717) is 11.3 Å². The fraction of sp³-hybridized carbons (Fsp3) is 0.600. The van der Waals surface area contributed by atoms with E-state index < -0.39 is 47.2 Å². The molecule has 0 spiro atoms. The predicted molar refractivity (Wildman–Crippen MR) is 110 cm³/mol. The zero-order chi connectivity index (χ0) is 22.2. The molecular formula is C20H32N4O5. The van der Waals surface area contributed by atoms with Crippen molar-refractivity contribution in [1.29, 1.82) is 0 Å². The summed E-state index contributed by atoms with van der Waals surface area (Å²) in [6, 6.07) is 4.29. The molecule has 162 valence electrons. The number of carbonyl (C=O) groups excluding carboxylic acids is 2. The average molecular weight is 408 g/mol. The number of aliphatic hydroxyl groups excluding tert-OH is 1. The number of rotatable bonds is 6. The van der Waals surface area contributed by atoms with Crippen LogP contribution in [0.1, 0.15) is 37.6 Å². The number of Topliss-reactive ketones (excluding diaryl/α,β-unsaturated/α-hetero) is 1. The number of nitrogens with zero attached hydrogens (tertiary/aromatic N) is 1. The number of amides is 2. The van der Waals surface area contributed by atoms with Crippen LogP contribution in [0, 0.1) is 0 Å². The van der Waals surface area contributed by atoms with Gasteiger partial charge >= 0.3 is 6.03 Å². The minimum absolute atomic E-state index is 0.276. The first-order valence-electron chi connectivity index (χ1n) is 9.56. The lowest BCUT2D eigenvalue weighted by atomic mass is 9.75. The summed E-state index contributed by atoms with van der Waals surface area (Å²) in [6.07, 6.45) is 0.276. The second-order valence-electron chi connectivity index (χ2n) is 8.18. The third-order valence-corrected chi connectivity index (χ3v) is 6.33. The maximum atomic E-state index is 12.4. The van der Waals surface area contributed by atoms with E-state index in [1.54, 1.807) is 45.3 Å². The van der Waals surface area contributed by atoms with Gasteiger partial charge in [0.05, 0.1) is 17.6 Å². The van der Waals surface area contributed by atoms with Crippen LogP contribution in [-0.4, -0.2) is 81.6 Å². The first-order valence-corrected chi connectivity index (χ1v) is 9.56. The van der Waals surface area contributed by atoms with Crippen LogP contribution in [0.3, 0.4) is 0 Å². The summed E-state index contributed by atoms with van der Waals surface area (Å²) in [6.45, 7) is 4.09. The van der Waals surface area contributed by atoms with Crippen LogP contribution in [0.5, 0.6) is 0 Å². The monoisotopic (exact) mass is 408 g/mol. The predicted octanol–water partition coefficient (Wildman–Crippen LogP) is -0.0950. The molecule has 2 amide bonds. The second kappa shape index (κ2) is 7.91. The fourth-order valence-corrected chi connectivity index (χ4v) is 4.17. The number of hydrogen-bond acceptors (Lipinski definition) is 7. The second-order valence-corrected chi connectivity index (χ2v) is 8.18. The highest BCUT2D eigenvalue weighted by Gasteiger charge is 2.71. The molecule has 1 aliphatic carbocycles. The van der Waals surface area contributed by atoms with Gasteiger partial charge in [0.1, 0.15) is 17.8 Å². The molecule has 0 unspecified atom stereocenters. The molecule has 1 saturated carbocycles. The molecule has 1 aromatic rings. The van der Waals surface area contributed by atoms with E-state index in [1.807, 2.05) is 0 Å². The van der Waals surface area contributed by atoms with Crippen LogP contribution in [0.15, 0.2) is 24.3 Å². The summed E-state index contributed by atoms with van der Waals surface area (Å²) >= 11 is 0. The number of aliphatic hydroxyl groups is 3. The van der Waals surface area contributed by atoms with Crippen molar-refractivity contribution in [3.63, 3.8) is 0 Å². The number of nitrogens with one attached hydrogen (secondary N) is 2. The van der Waals surface area contributed by atoms with Gasteiger partial charge in [-0.2, -0.15) is 0 Å². The maximum Gasteiger partial charge on any atom is 0.317 e. The molecule has 5 atom stereocenters. The van der Waals surface area contributed by atoms with Gasteiger partial charge in [-0.3, -0.25) is 4.79 Å². The van der Waals surface area contributed by atoms with Gasteiger partial charge in [-0.15, -0.1) is 0 Å². The summed E-state index contributed by atoms with van der Waals surface area (Å²) in [4.78, 5) is 25.5. The number of anilines is 1. The van der Waals surface area contributed by atoms with E-state index in [0.717, 1.165) is 0 Å². The molecule has 0 radical (unpaired) electrons. The Bertz CT molecular complexity index is 780. The Balaban J connectivity index is 2.46. The van der Waals surface area contributed by atoms with E-state index in [-0.39, 0.29) is 6.42 Å². The topological polar surface area (TPSA) is 148 Å². The number of nitrogens with two attached hydrogens (primary N) is 1. The quantitative estimate of drug-likeness (QED) is 0.360. The molecular weight excluding hydrogens is 376 g/mol. The van der Waals surface area contributed by atoms with Crippen LogP contribution in [-0.2, 0) is 0 Å². The van der Waals surface area contributed by atoms with Crippen molar-refractivity contribution in [2.75, 3.05) is 26.0 Å². The Hall–Kier alpha value is -2.20. The van der Waals surface area contributed by atoms with Gasteiger partial charge in [0, 0.05) is 25.3 Å². The standard InChI is InChI=1S/C20H32N4O5/c1-6-20(23-17(27)24(4)5)15(21)16(18(2,28)19(20,3)29)22-13-9-7-8-12(10-13)14(26)11-25/h7-10,15-16,22,25,28-29H,6,11,21H2,1-5H3,(H,23,27)/t15-,16-,18+,19-,20-/m0/s1. The smallest absolute Gasteiger partial charge is 0.317 e. The van der Waals surface area contributed by atoms with Gasteiger partial charge in [-0.25, -0.2) is 4.79 Å². The number of ketones is 1. The molecule has 1 aliphatic rings. The van der Waals surface area contributed by atoms with E-state index in [9.17, 15) is 19.8 Å². The van der Waals surface area contributed by atoms with Gasteiger partial charge in [0.25, 0.3) is 0 Å². The van der Waals surface area contributed by atoms with Crippen LogP contribution in [0.4, 0.5) is 10.5 Å². The van der Waals surface area contributed by atoms with Crippen molar-refractivity contribution in [1.82, 2.24) is 10.2 Å². The summed E-state index contributed by atoms with van der Waals surface area (Å²) in [5.74, 6) is -0.440. The number of benzene rings is 1. The van der Waals surface area contributed by atoms with Gasteiger partial charge in [0.2, 0.25) is 0 Å².